The molecule has 3 aromatic heterocycles. The normalized spacial score (nSPS) is 11.0. The predicted octanol–water partition coefficient (Wildman–Crippen LogP) is 5.89. The summed E-state index contributed by atoms with van der Waals surface area (Å²) >= 11 is 1.72. The molecule has 8 heteroatoms. The van der Waals surface area contributed by atoms with E-state index in [9.17, 15) is 4.79 Å². The fraction of sp³-hybridized carbons (Fsp3) is 0.0800. The second-order valence-corrected chi connectivity index (χ2v) is 8.57. The first kappa shape index (κ1) is 20.7. The Bertz CT molecular complexity index is 1480. The van der Waals surface area contributed by atoms with Crippen molar-refractivity contribution < 1.29 is 11.0 Å². The number of carbonyl (C=O) groups excluding carboxylic acids is 1. The lowest BCUT2D eigenvalue weighted by Crippen LogP contribution is -2.12. The number of nitrogens with one attached hydrogen (secondary N) is 1. The van der Waals surface area contributed by atoms with E-state index in [1.54, 1.807) is 17.4 Å². The van der Waals surface area contributed by atoms with Gasteiger partial charge in [-0.05, 0) is 59.8 Å². The molecule has 0 bridgehead atoms. The summed E-state index contributed by atoms with van der Waals surface area (Å²) < 4.78 is 7.90. The maximum absolute atomic E-state index is 11.4. The molecule has 0 spiro atoms. The summed E-state index contributed by atoms with van der Waals surface area (Å²) in [5, 5.41) is 5.52. The molecule has 1 amide bonds. The van der Waals surface area contributed by atoms with Crippen LogP contribution in [0, 0.1) is 6.92 Å². The number of primary amides is 1. The van der Waals surface area contributed by atoms with Crippen molar-refractivity contribution in [2.45, 2.75) is 6.92 Å². The Hall–Kier alpha value is -4.17. The van der Waals surface area contributed by atoms with Crippen LogP contribution in [0.25, 0.3) is 21.5 Å². The van der Waals surface area contributed by atoms with Gasteiger partial charge in [-0.1, -0.05) is 12.1 Å². The number of nitrogens with two attached hydrogens (primary N) is 1. The van der Waals surface area contributed by atoms with E-state index in [1.807, 2.05) is 29.8 Å². The number of fused-ring (bicyclic) bond motifs is 1. The third-order valence-electron chi connectivity index (χ3n) is 5.35. The molecule has 0 aliphatic heterocycles. The molecule has 0 fully saturated rings. The number of thiophene rings is 1. The number of rotatable bonds is 6. The number of nitrogens with zero attached hydrogens (tertiary/aromatic N) is 3. The highest BCUT2D eigenvalue weighted by Crippen LogP contribution is 2.32. The molecule has 0 saturated heterocycles. The van der Waals surface area contributed by atoms with Gasteiger partial charge in [0.05, 0.1) is 11.0 Å². The zero-order valence-electron chi connectivity index (χ0n) is 18.1. The van der Waals surface area contributed by atoms with Gasteiger partial charge in [-0.2, -0.15) is 0 Å². The summed E-state index contributed by atoms with van der Waals surface area (Å²) in [6, 6.07) is 19.4. The third-order valence-corrected chi connectivity index (χ3v) is 6.26. The van der Waals surface area contributed by atoms with Gasteiger partial charge in [0.15, 0.2) is 0 Å². The molecule has 5 rings (SSSR count). The third kappa shape index (κ3) is 4.16. The van der Waals surface area contributed by atoms with E-state index in [2.05, 4.69) is 52.9 Å². The molecule has 7 nitrogen and oxygen atoms in total. The Morgan fingerprint density at radius 2 is 1.97 bits per heavy atom. The first-order valence-corrected chi connectivity index (χ1v) is 11.2. The van der Waals surface area contributed by atoms with Gasteiger partial charge in [0, 0.05) is 37.4 Å². The van der Waals surface area contributed by atoms with Crippen LogP contribution in [0.15, 0.2) is 72.2 Å². The van der Waals surface area contributed by atoms with Crippen molar-refractivity contribution in [1.82, 2.24) is 14.5 Å². The van der Waals surface area contributed by atoms with Crippen molar-refractivity contribution in [3.63, 3.8) is 0 Å². The van der Waals surface area contributed by atoms with Gasteiger partial charge in [-0.3, -0.25) is 9.78 Å². The quantitative estimate of drug-likeness (QED) is 0.332. The summed E-state index contributed by atoms with van der Waals surface area (Å²) in [7, 11) is 1.97. The number of aromatic nitrogens is 3. The van der Waals surface area contributed by atoms with Gasteiger partial charge in [0.2, 0.25) is 5.95 Å². The van der Waals surface area contributed by atoms with Crippen LogP contribution in [0.5, 0.6) is 11.5 Å². The molecule has 0 aliphatic carbocycles. The summed E-state index contributed by atoms with van der Waals surface area (Å²) in [5.41, 5.74) is 10.6. The molecule has 3 heterocycles. The zero-order valence-corrected chi connectivity index (χ0v) is 18.9. The van der Waals surface area contributed by atoms with Gasteiger partial charge in [0.25, 0.3) is 5.91 Å². The van der Waals surface area contributed by atoms with Crippen LogP contribution in [-0.2, 0) is 7.05 Å². The maximum Gasteiger partial charge on any atom is 0.267 e. The van der Waals surface area contributed by atoms with Crippen molar-refractivity contribution >= 4 is 39.9 Å². The molecule has 3 N–H and O–H groups in total. The molecular weight excluding hydrogens is 434 g/mol. The van der Waals surface area contributed by atoms with Gasteiger partial charge in [-0.25, -0.2) is 4.98 Å². The Kier molecular flexibility index (Phi) is 5.27. The van der Waals surface area contributed by atoms with Crippen LogP contribution in [0.3, 0.4) is 0 Å². The van der Waals surface area contributed by atoms with Crippen LogP contribution in [-0.4, -0.2) is 20.4 Å². The van der Waals surface area contributed by atoms with Crippen LogP contribution in [0.2, 0.25) is 0 Å². The molecule has 0 unspecified atom stereocenters. The number of ether oxygens (including phenoxy) is 1. The average molecular weight is 458 g/mol. The van der Waals surface area contributed by atoms with E-state index in [0.29, 0.717) is 11.5 Å². The highest BCUT2D eigenvalue weighted by Gasteiger charge is 2.12. The molecule has 5 aromatic rings. The van der Waals surface area contributed by atoms with Gasteiger partial charge in [0.1, 0.15) is 17.2 Å². The van der Waals surface area contributed by atoms with Crippen LogP contribution < -0.4 is 15.8 Å². The van der Waals surface area contributed by atoms with Crippen LogP contribution in [0.4, 0.5) is 11.6 Å². The molecule has 33 heavy (non-hydrogen) atoms. The number of imidazole rings is 1. The zero-order chi connectivity index (χ0) is 22.9. The number of hydrogen-bond acceptors (Lipinski definition) is 6. The minimum Gasteiger partial charge on any atom is -0.457 e. The highest BCUT2D eigenvalue weighted by atomic mass is 32.1. The van der Waals surface area contributed by atoms with E-state index in [4.69, 9.17) is 15.5 Å². The van der Waals surface area contributed by atoms with Crippen molar-refractivity contribution in [3.05, 3.63) is 83.5 Å². The fourth-order valence-electron chi connectivity index (χ4n) is 3.63. The molecular formula is C25H23N5O2S. The van der Waals surface area contributed by atoms with Crippen molar-refractivity contribution in [1.29, 1.82) is 0 Å². The SMILES string of the molecule is Cc1ccc(Nc2nc3cc(Oc4ccnc(C(N)=O)c4)ccc3n2C)cc1-c1cccs1.[HH]. The van der Waals surface area contributed by atoms with Gasteiger partial charge in [-0.15, -0.1) is 11.3 Å². The summed E-state index contributed by atoms with van der Waals surface area (Å²) in [6.07, 6.45) is 1.49. The van der Waals surface area contributed by atoms with E-state index in [-0.39, 0.29) is 7.12 Å². The van der Waals surface area contributed by atoms with Crippen LogP contribution >= 0.6 is 11.3 Å². The minimum atomic E-state index is -0.602. The number of benzene rings is 2. The standard InChI is InChI=1S/C25H21N5O2S.H2/c1-15-5-6-16(12-19(15)23-4-3-11-33-23)28-25-29-20-13-17(7-8-22(20)30(25)2)32-18-9-10-27-21(14-18)24(26)31;/h3-14H,1-2H3,(H2,26,31)(H,28,29);1H. The monoisotopic (exact) mass is 457 g/mol. The van der Waals surface area contributed by atoms with E-state index < -0.39 is 5.91 Å². The fourth-order valence-corrected chi connectivity index (χ4v) is 4.43. The second kappa shape index (κ2) is 8.40. The molecule has 2 aromatic carbocycles. The minimum absolute atomic E-state index is 0. The van der Waals surface area contributed by atoms with Crippen molar-refractivity contribution in [2.75, 3.05) is 5.32 Å². The van der Waals surface area contributed by atoms with Crippen LogP contribution in [0.1, 0.15) is 17.5 Å². The average Bonchev–Trinajstić information content (AvgIpc) is 3.44. The number of anilines is 2. The highest BCUT2D eigenvalue weighted by molar-refractivity contribution is 7.13. The van der Waals surface area contributed by atoms with Gasteiger partial charge < -0.3 is 20.4 Å². The first-order valence-electron chi connectivity index (χ1n) is 10.3. The Morgan fingerprint density at radius 1 is 1.12 bits per heavy atom. The Labute approximate surface area is 196 Å². The number of hydrogen-bond donors (Lipinski definition) is 2. The molecule has 0 atom stereocenters. The van der Waals surface area contributed by atoms with E-state index >= 15 is 0 Å². The summed E-state index contributed by atoms with van der Waals surface area (Å²) in [4.78, 5) is 21.3. The largest absolute Gasteiger partial charge is 0.457 e. The summed E-state index contributed by atoms with van der Waals surface area (Å²) in [6.45, 7) is 2.12. The second-order valence-electron chi connectivity index (χ2n) is 7.62. The van der Waals surface area contributed by atoms with E-state index in [0.717, 1.165) is 22.7 Å². The van der Waals surface area contributed by atoms with Crippen molar-refractivity contribution in [3.8, 4) is 21.9 Å². The topological polar surface area (TPSA) is 95.1 Å². The molecule has 0 saturated carbocycles. The molecule has 0 radical (unpaired) electrons. The van der Waals surface area contributed by atoms with Gasteiger partial charge >= 0.3 is 0 Å². The number of carbonyl (C=O) groups is 1. The number of aryl methyl sites for hydroxylation is 2. The smallest absolute Gasteiger partial charge is 0.267 e. The molecule has 0 aliphatic rings. The lowest BCUT2D eigenvalue weighted by atomic mass is 10.1. The lowest BCUT2D eigenvalue weighted by Gasteiger charge is -2.10. The summed E-state index contributed by atoms with van der Waals surface area (Å²) in [5.74, 6) is 1.20. The predicted molar refractivity (Wildman–Crippen MR) is 133 cm³/mol. The van der Waals surface area contributed by atoms with Crippen molar-refractivity contribution in [2.24, 2.45) is 12.8 Å². The maximum atomic E-state index is 11.4. The molecule has 166 valence electrons. The Balaban J connectivity index is 0.00000274. The Morgan fingerprint density at radius 3 is 2.76 bits per heavy atom. The lowest BCUT2D eigenvalue weighted by molar-refractivity contribution is 0.0995. The number of pyridine rings is 1. The van der Waals surface area contributed by atoms with E-state index in [1.165, 1.54) is 28.3 Å². The first-order chi connectivity index (χ1) is 16.0. The number of amides is 1.